The molecule has 0 radical (unpaired) electrons. The van der Waals surface area contributed by atoms with Crippen molar-refractivity contribution in [1.29, 1.82) is 0 Å². The van der Waals surface area contributed by atoms with Crippen molar-refractivity contribution in [2.24, 2.45) is 5.73 Å². The first kappa shape index (κ1) is 14.1. The fourth-order valence-electron chi connectivity index (χ4n) is 2.45. The summed E-state index contributed by atoms with van der Waals surface area (Å²) in [5, 5.41) is 0. The lowest BCUT2D eigenvalue weighted by Crippen LogP contribution is -2.45. The molecule has 1 saturated carbocycles. The van der Waals surface area contributed by atoms with Crippen LogP contribution >= 0.6 is 0 Å². The molecule has 0 bridgehead atoms. The van der Waals surface area contributed by atoms with Crippen LogP contribution in [0.1, 0.15) is 36.8 Å². The van der Waals surface area contributed by atoms with E-state index in [2.05, 4.69) is 36.1 Å². The second-order valence-electron chi connectivity index (χ2n) is 5.48. The Kier molecular flexibility index (Phi) is 4.97. The number of amides is 1. The van der Waals surface area contributed by atoms with E-state index < -0.39 is 0 Å². The van der Waals surface area contributed by atoms with Crippen LogP contribution in [-0.2, 0) is 11.2 Å². The zero-order chi connectivity index (χ0) is 13.7. The second kappa shape index (κ2) is 6.71. The highest BCUT2D eigenvalue weighted by molar-refractivity contribution is 5.79. The van der Waals surface area contributed by atoms with Crippen molar-refractivity contribution in [2.75, 3.05) is 13.1 Å². The van der Waals surface area contributed by atoms with E-state index in [0.717, 1.165) is 31.4 Å². The van der Waals surface area contributed by atoms with Gasteiger partial charge in [-0.3, -0.25) is 4.79 Å². The number of carbonyl (C=O) groups is 1. The van der Waals surface area contributed by atoms with Crippen LogP contribution in [0.3, 0.4) is 0 Å². The van der Waals surface area contributed by atoms with Gasteiger partial charge in [-0.25, -0.2) is 0 Å². The van der Waals surface area contributed by atoms with E-state index >= 15 is 0 Å². The van der Waals surface area contributed by atoms with Crippen LogP contribution in [0, 0.1) is 6.92 Å². The molecule has 0 spiro atoms. The maximum Gasteiger partial charge on any atom is 0.227 e. The molecule has 1 aromatic carbocycles. The molecule has 0 unspecified atom stereocenters. The maximum atomic E-state index is 12.4. The molecular weight excluding hydrogens is 236 g/mol. The topological polar surface area (TPSA) is 46.3 Å². The van der Waals surface area contributed by atoms with Crippen molar-refractivity contribution in [3.8, 4) is 0 Å². The van der Waals surface area contributed by atoms with Crippen LogP contribution in [0.15, 0.2) is 24.3 Å². The van der Waals surface area contributed by atoms with E-state index in [0.29, 0.717) is 19.0 Å². The fourth-order valence-corrected chi connectivity index (χ4v) is 2.45. The standard InChI is InChI=1S/C16H24N2O/c1-13-6-8-14(9-7-13)12-16(19)18(11-3-10-17)15-4-2-5-15/h6-9,15H,2-5,10-12,17H2,1H3. The Labute approximate surface area is 115 Å². The number of benzene rings is 1. The second-order valence-corrected chi connectivity index (χ2v) is 5.48. The first-order valence-electron chi connectivity index (χ1n) is 7.26. The summed E-state index contributed by atoms with van der Waals surface area (Å²) in [6.45, 7) is 3.53. The van der Waals surface area contributed by atoms with Crippen molar-refractivity contribution in [3.63, 3.8) is 0 Å². The van der Waals surface area contributed by atoms with Gasteiger partial charge in [-0.1, -0.05) is 29.8 Å². The minimum Gasteiger partial charge on any atom is -0.339 e. The van der Waals surface area contributed by atoms with E-state index in [4.69, 9.17) is 5.73 Å². The van der Waals surface area contributed by atoms with Gasteiger partial charge in [0.15, 0.2) is 0 Å². The summed E-state index contributed by atoms with van der Waals surface area (Å²) in [6, 6.07) is 8.70. The molecule has 0 atom stereocenters. The Morgan fingerprint density at radius 3 is 2.53 bits per heavy atom. The van der Waals surface area contributed by atoms with Gasteiger partial charge < -0.3 is 10.6 Å². The number of nitrogens with zero attached hydrogens (tertiary/aromatic N) is 1. The third kappa shape index (κ3) is 3.80. The molecule has 0 aliphatic heterocycles. The van der Waals surface area contributed by atoms with E-state index in [1.165, 1.54) is 12.0 Å². The molecule has 1 fully saturated rings. The van der Waals surface area contributed by atoms with Crippen LogP contribution in [0.4, 0.5) is 0 Å². The van der Waals surface area contributed by atoms with Gasteiger partial charge in [0, 0.05) is 12.6 Å². The fraction of sp³-hybridized carbons (Fsp3) is 0.562. The van der Waals surface area contributed by atoms with Gasteiger partial charge in [-0.2, -0.15) is 0 Å². The number of hydrogen-bond acceptors (Lipinski definition) is 2. The van der Waals surface area contributed by atoms with Crippen molar-refractivity contribution in [2.45, 2.75) is 45.1 Å². The molecular formula is C16H24N2O. The molecule has 1 aliphatic rings. The van der Waals surface area contributed by atoms with Crippen LogP contribution in [0.5, 0.6) is 0 Å². The van der Waals surface area contributed by atoms with Gasteiger partial charge in [0.2, 0.25) is 5.91 Å². The number of nitrogens with two attached hydrogens (primary N) is 1. The third-order valence-electron chi connectivity index (χ3n) is 3.91. The number of rotatable bonds is 6. The molecule has 1 aromatic rings. The number of hydrogen-bond donors (Lipinski definition) is 1. The van der Waals surface area contributed by atoms with Crippen LogP contribution in [0.25, 0.3) is 0 Å². The zero-order valence-electron chi connectivity index (χ0n) is 11.8. The van der Waals surface area contributed by atoms with Gasteiger partial charge in [-0.05, 0) is 44.7 Å². The number of aryl methyl sites for hydroxylation is 1. The van der Waals surface area contributed by atoms with Crippen molar-refractivity contribution >= 4 is 5.91 Å². The lowest BCUT2D eigenvalue weighted by atomic mass is 9.91. The highest BCUT2D eigenvalue weighted by Gasteiger charge is 2.27. The lowest BCUT2D eigenvalue weighted by molar-refractivity contribution is -0.134. The van der Waals surface area contributed by atoms with Crippen molar-refractivity contribution < 1.29 is 4.79 Å². The minimum absolute atomic E-state index is 0.252. The van der Waals surface area contributed by atoms with E-state index in [1.807, 2.05) is 0 Å². The van der Waals surface area contributed by atoms with E-state index in [9.17, 15) is 4.79 Å². The molecule has 0 saturated heterocycles. The molecule has 2 N–H and O–H groups in total. The summed E-state index contributed by atoms with van der Waals surface area (Å²) in [4.78, 5) is 14.5. The molecule has 0 aromatic heterocycles. The Bertz CT molecular complexity index is 409. The maximum absolute atomic E-state index is 12.4. The molecule has 3 nitrogen and oxygen atoms in total. The smallest absolute Gasteiger partial charge is 0.227 e. The highest BCUT2D eigenvalue weighted by Crippen LogP contribution is 2.25. The average molecular weight is 260 g/mol. The van der Waals surface area contributed by atoms with E-state index in [1.54, 1.807) is 0 Å². The lowest BCUT2D eigenvalue weighted by Gasteiger charge is -2.37. The normalized spacial score (nSPS) is 15.1. The van der Waals surface area contributed by atoms with Gasteiger partial charge in [0.25, 0.3) is 0 Å². The first-order chi connectivity index (χ1) is 9.20. The zero-order valence-corrected chi connectivity index (χ0v) is 11.8. The molecule has 0 heterocycles. The minimum atomic E-state index is 0.252. The summed E-state index contributed by atoms with van der Waals surface area (Å²) < 4.78 is 0. The molecule has 104 valence electrons. The number of carbonyl (C=O) groups excluding carboxylic acids is 1. The molecule has 2 rings (SSSR count). The Hall–Kier alpha value is -1.35. The van der Waals surface area contributed by atoms with Crippen LogP contribution in [-0.4, -0.2) is 29.9 Å². The van der Waals surface area contributed by atoms with Crippen molar-refractivity contribution in [3.05, 3.63) is 35.4 Å². The van der Waals surface area contributed by atoms with Crippen LogP contribution < -0.4 is 5.73 Å². The van der Waals surface area contributed by atoms with Gasteiger partial charge in [0.1, 0.15) is 0 Å². The SMILES string of the molecule is Cc1ccc(CC(=O)N(CCCN)C2CCC2)cc1. The molecule has 19 heavy (non-hydrogen) atoms. The Morgan fingerprint density at radius 2 is 2.00 bits per heavy atom. The largest absolute Gasteiger partial charge is 0.339 e. The monoisotopic (exact) mass is 260 g/mol. The van der Waals surface area contributed by atoms with Gasteiger partial charge in [0.05, 0.1) is 6.42 Å². The molecule has 3 heteroatoms. The summed E-state index contributed by atoms with van der Waals surface area (Å²) in [5.74, 6) is 0.252. The van der Waals surface area contributed by atoms with Crippen molar-refractivity contribution in [1.82, 2.24) is 4.90 Å². The Balaban J connectivity index is 1.96. The third-order valence-corrected chi connectivity index (χ3v) is 3.91. The predicted octanol–water partition coefficient (Wildman–Crippen LogP) is 2.27. The predicted molar refractivity (Wildman–Crippen MR) is 77.9 cm³/mol. The molecule has 1 aliphatic carbocycles. The first-order valence-corrected chi connectivity index (χ1v) is 7.26. The summed E-state index contributed by atoms with van der Waals surface area (Å²) >= 11 is 0. The average Bonchev–Trinajstić information content (AvgIpc) is 2.34. The van der Waals surface area contributed by atoms with Gasteiger partial charge in [-0.15, -0.1) is 0 Å². The van der Waals surface area contributed by atoms with Gasteiger partial charge >= 0.3 is 0 Å². The summed E-state index contributed by atoms with van der Waals surface area (Å²) in [5.41, 5.74) is 7.90. The Morgan fingerprint density at radius 1 is 1.32 bits per heavy atom. The molecule has 1 amide bonds. The quantitative estimate of drug-likeness (QED) is 0.853. The highest BCUT2D eigenvalue weighted by atomic mass is 16.2. The van der Waals surface area contributed by atoms with E-state index in [-0.39, 0.29) is 5.91 Å². The summed E-state index contributed by atoms with van der Waals surface area (Å²) in [6.07, 6.45) is 4.98. The summed E-state index contributed by atoms with van der Waals surface area (Å²) in [7, 11) is 0. The van der Waals surface area contributed by atoms with Crippen LogP contribution in [0.2, 0.25) is 0 Å².